The summed E-state index contributed by atoms with van der Waals surface area (Å²) in [6.07, 6.45) is 2.30. The lowest BCUT2D eigenvalue weighted by Gasteiger charge is -2.28. The first kappa shape index (κ1) is 17.6. The molecule has 1 aromatic carbocycles. The van der Waals surface area contributed by atoms with Crippen molar-refractivity contribution in [3.8, 4) is 0 Å². The summed E-state index contributed by atoms with van der Waals surface area (Å²) in [5.41, 5.74) is 1.01. The molecule has 136 valence electrons. The van der Waals surface area contributed by atoms with Gasteiger partial charge in [0.1, 0.15) is 5.01 Å². The number of benzene rings is 1. The van der Waals surface area contributed by atoms with Crippen molar-refractivity contribution in [2.24, 2.45) is 0 Å². The number of hydrogen-bond donors (Lipinski definition) is 0. The monoisotopic (exact) mass is 385 g/mol. The van der Waals surface area contributed by atoms with Crippen LogP contribution in [0.2, 0.25) is 0 Å². The van der Waals surface area contributed by atoms with E-state index in [1.165, 1.54) is 9.58 Å². The van der Waals surface area contributed by atoms with Crippen LogP contribution in [0.5, 0.6) is 0 Å². The third-order valence-electron chi connectivity index (χ3n) is 5.22. The fourth-order valence-corrected chi connectivity index (χ4v) is 5.51. The largest absolute Gasteiger partial charge is 0.335 e. The molecular weight excluding hydrogens is 362 g/mol. The lowest BCUT2D eigenvalue weighted by molar-refractivity contribution is -0.133. The molecule has 1 aliphatic rings. The maximum Gasteiger partial charge on any atom is 0.237 e. The van der Waals surface area contributed by atoms with Gasteiger partial charge in [0.15, 0.2) is 0 Å². The van der Waals surface area contributed by atoms with E-state index in [-0.39, 0.29) is 11.9 Å². The fourth-order valence-electron chi connectivity index (χ4n) is 3.55. The van der Waals surface area contributed by atoms with Crippen LogP contribution in [0.25, 0.3) is 10.2 Å². The highest BCUT2D eigenvalue weighted by molar-refractivity contribution is 7.18. The van der Waals surface area contributed by atoms with Crippen LogP contribution in [0.15, 0.2) is 41.8 Å². The number of carbonyl (C=O) groups is 1. The van der Waals surface area contributed by atoms with Gasteiger partial charge in [0, 0.05) is 18.0 Å². The molecule has 26 heavy (non-hydrogen) atoms. The Morgan fingerprint density at radius 3 is 2.96 bits per heavy atom. The van der Waals surface area contributed by atoms with E-state index < -0.39 is 0 Å². The van der Waals surface area contributed by atoms with Crippen LogP contribution in [0.3, 0.4) is 0 Å². The fraction of sp³-hybridized carbons (Fsp3) is 0.400. The standard InChI is InChI=1S/C20H23N3OS2/c1-14(20-21-15-7-3-4-9-17(15)26-20)22(2)19(24)13-23-11-5-8-16(23)18-10-6-12-25-18/h3-4,6-7,9-10,12,14,16H,5,8,11,13H2,1-2H3/t14-,16-/m0/s1. The summed E-state index contributed by atoms with van der Waals surface area (Å²) in [6.45, 7) is 3.54. The second kappa shape index (κ2) is 7.47. The molecule has 0 aliphatic carbocycles. The molecule has 3 heterocycles. The van der Waals surface area contributed by atoms with Crippen molar-refractivity contribution in [1.29, 1.82) is 0 Å². The minimum Gasteiger partial charge on any atom is -0.335 e. The second-order valence-electron chi connectivity index (χ2n) is 6.84. The van der Waals surface area contributed by atoms with Crippen LogP contribution in [-0.2, 0) is 4.79 Å². The van der Waals surface area contributed by atoms with Crippen molar-refractivity contribution >= 4 is 38.8 Å². The summed E-state index contributed by atoms with van der Waals surface area (Å²) in [7, 11) is 1.90. The molecule has 0 radical (unpaired) electrons. The molecule has 0 unspecified atom stereocenters. The Labute approximate surface area is 162 Å². The lowest BCUT2D eigenvalue weighted by atomic mass is 10.2. The third-order valence-corrected chi connectivity index (χ3v) is 7.40. The predicted molar refractivity (Wildman–Crippen MR) is 109 cm³/mol. The van der Waals surface area contributed by atoms with Gasteiger partial charge in [-0.3, -0.25) is 9.69 Å². The van der Waals surface area contributed by atoms with Gasteiger partial charge in [0.2, 0.25) is 5.91 Å². The molecule has 2 aromatic heterocycles. The number of likely N-dealkylation sites (N-methyl/N-ethyl adjacent to an activating group) is 1. The molecule has 6 heteroatoms. The van der Waals surface area contributed by atoms with Gasteiger partial charge in [-0.2, -0.15) is 0 Å². The van der Waals surface area contributed by atoms with Crippen LogP contribution in [0.1, 0.15) is 41.7 Å². The van der Waals surface area contributed by atoms with E-state index in [1.807, 2.05) is 30.1 Å². The summed E-state index contributed by atoms with van der Waals surface area (Å²) in [5.74, 6) is 0.167. The highest BCUT2D eigenvalue weighted by atomic mass is 32.1. The van der Waals surface area contributed by atoms with Crippen molar-refractivity contribution in [1.82, 2.24) is 14.8 Å². The zero-order chi connectivity index (χ0) is 18.1. The first-order valence-corrected chi connectivity index (χ1v) is 10.7. The topological polar surface area (TPSA) is 36.4 Å². The molecule has 1 amide bonds. The van der Waals surface area contributed by atoms with E-state index in [9.17, 15) is 4.79 Å². The van der Waals surface area contributed by atoms with Gasteiger partial charge >= 0.3 is 0 Å². The van der Waals surface area contributed by atoms with Gasteiger partial charge in [-0.15, -0.1) is 22.7 Å². The summed E-state index contributed by atoms with van der Waals surface area (Å²) in [4.78, 5) is 23.2. The lowest BCUT2D eigenvalue weighted by Crippen LogP contribution is -2.39. The van der Waals surface area contributed by atoms with Crippen molar-refractivity contribution in [2.45, 2.75) is 31.8 Å². The van der Waals surface area contributed by atoms with Gasteiger partial charge < -0.3 is 4.90 Å². The number of amides is 1. The zero-order valence-corrected chi connectivity index (χ0v) is 16.7. The van der Waals surface area contributed by atoms with Crippen LogP contribution in [-0.4, -0.2) is 40.8 Å². The minimum absolute atomic E-state index is 0.0114. The smallest absolute Gasteiger partial charge is 0.237 e. The van der Waals surface area contributed by atoms with E-state index in [4.69, 9.17) is 4.98 Å². The van der Waals surface area contributed by atoms with E-state index in [2.05, 4.69) is 35.4 Å². The molecule has 4 rings (SSSR count). The predicted octanol–water partition coefficient (Wildman–Crippen LogP) is 4.71. The van der Waals surface area contributed by atoms with Crippen LogP contribution in [0, 0.1) is 0 Å². The molecule has 0 N–H and O–H groups in total. The molecule has 1 saturated heterocycles. The maximum atomic E-state index is 12.9. The summed E-state index contributed by atoms with van der Waals surface area (Å²) in [6, 6.07) is 12.8. The number of fused-ring (bicyclic) bond motifs is 1. The van der Waals surface area contributed by atoms with E-state index in [1.54, 1.807) is 22.7 Å². The van der Waals surface area contributed by atoms with Gasteiger partial charge in [-0.05, 0) is 49.9 Å². The molecule has 4 nitrogen and oxygen atoms in total. The first-order chi connectivity index (χ1) is 12.6. The Hall–Kier alpha value is -1.76. The molecule has 0 bridgehead atoms. The molecule has 2 atom stereocenters. The normalized spacial score (nSPS) is 19.1. The number of nitrogens with zero attached hydrogens (tertiary/aromatic N) is 3. The number of rotatable bonds is 5. The van der Waals surface area contributed by atoms with Gasteiger partial charge in [-0.1, -0.05) is 18.2 Å². The Balaban J connectivity index is 1.45. The van der Waals surface area contributed by atoms with Gasteiger partial charge in [0.25, 0.3) is 0 Å². The van der Waals surface area contributed by atoms with E-state index in [0.29, 0.717) is 12.6 Å². The van der Waals surface area contributed by atoms with Crippen molar-refractivity contribution in [2.75, 3.05) is 20.1 Å². The number of para-hydroxylation sites is 1. The highest BCUT2D eigenvalue weighted by Crippen LogP contribution is 2.35. The molecule has 1 fully saturated rings. The molecular formula is C20H23N3OS2. The van der Waals surface area contributed by atoms with Crippen LogP contribution < -0.4 is 0 Å². The summed E-state index contributed by atoms with van der Waals surface area (Å²) >= 11 is 3.47. The number of thiophene rings is 1. The minimum atomic E-state index is -0.0114. The van der Waals surface area contributed by atoms with Crippen molar-refractivity contribution < 1.29 is 4.79 Å². The Bertz CT molecular complexity index is 856. The SMILES string of the molecule is C[C@@H](c1nc2ccccc2s1)N(C)C(=O)CN1CCC[C@H]1c1cccs1. The highest BCUT2D eigenvalue weighted by Gasteiger charge is 2.30. The summed E-state index contributed by atoms with van der Waals surface area (Å²) < 4.78 is 1.17. The number of hydrogen-bond acceptors (Lipinski definition) is 5. The van der Waals surface area contributed by atoms with E-state index >= 15 is 0 Å². The van der Waals surface area contributed by atoms with Gasteiger partial charge in [-0.25, -0.2) is 4.98 Å². The Morgan fingerprint density at radius 2 is 2.19 bits per heavy atom. The van der Waals surface area contributed by atoms with Gasteiger partial charge in [0.05, 0.1) is 22.8 Å². The third kappa shape index (κ3) is 3.41. The number of likely N-dealkylation sites (tertiary alicyclic amines) is 1. The Kier molecular flexibility index (Phi) is 5.07. The summed E-state index contributed by atoms with van der Waals surface area (Å²) in [5, 5.41) is 3.12. The quantitative estimate of drug-likeness (QED) is 0.638. The number of carbonyl (C=O) groups excluding carboxylic acids is 1. The molecule has 0 spiro atoms. The maximum absolute atomic E-state index is 12.9. The molecule has 1 aliphatic heterocycles. The molecule has 3 aromatic rings. The second-order valence-corrected chi connectivity index (χ2v) is 8.89. The Morgan fingerprint density at radius 1 is 1.35 bits per heavy atom. The van der Waals surface area contributed by atoms with Crippen molar-refractivity contribution in [3.05, 3.63) is 51.7 Å². The van der Waals surface area contributed by atoms with Crippen LogP contribution >= 0.6 is 22.7 Å². The van der Waals surface area contributed by atoms with Crippen molar-refractivity contribution in [3.63, 3.8) is 0 Å². The average Bonchev–Trinajstić information content (AvgIpc) is 3.39. The first-order valence-electron chi connectivity index (χ1n) is 9.02. The molecule has 0 saturated carbocycles. The van der Waals surface area contributed by atoms with Crippen LogP contribution in [0.4, 0.5) is 0 Å². The number of aromatic nitrogens is 1. The number of thiazole rings is 1. The zero-order valence-electron chi connectivity index (χ0n) is 15.1. The van der Waals surface area contributed by atoms with E-state index in [0.717, 1.165) is 29.9 Å². The average molecular weight is 386 g/mol.